The molecule has 1 radical (unpaired) electrons. The van der Waals surface area contributed by atoms with E-state index in [1.807, 2.05) is 0 Å². The zero-order chi connectivity index (χ0) is 7.94. The average molecular weight is 151 g/mol. The molecule has 0 atom stereocenters. The van der Waals surface area contributed by atoms with Crippen LogP contribution in [0.25, 0.3) is 0 Å². The molecule has 0 saturated carbocycles. The molecule has 1 aliphatic rings. The van der Waals surface area contributed by atoms with Crippen LogP contribution in [0, 0.1) is 6.42 Å². The Morgan fingerprint density at radius 1 is 1.27 bits per heavy atom. The van der Waals surface area contributed by atoms with Crippen LogP contribution in [0.5, 0.6) is 0 Å². The third-order valence-corrected chi connectivity index (χ3v) is 2.31. The lowest BCUT2D eigenvalue weighted by Crippen LogP contribution is -1.92. The van der Waals surface area contributed by atoms with Crippen molar-refractivity contribution in [3.05, 3.63) is 18.1 Å². The fraction of sp³-hybridized carbons (Fsp3) is 0.727. The maximum absolute atomic E-state index is 2.44. The highest BCUT2D eigenvalue weighted by Gasteiger charge is 2.02. The molecule has 0 aromatic rings. The van der Waals surface area contributed by atoms with E-state index in [-0.39, 0.29) is 0 Å². The Hall–Kier alpha value is -0.260. The summed E-state index contributed by atoms with van der Waals surface area (Å²) in [6.07, 6.45) is 14.2. The summed E-state index contributed by atoms with van der Waals surface area (Å²) in [6, 6.07) is 0. The van der Waals surface area contributed by atoms with Gasteiger partial charge in [-0.2, -0.15) is 0 Å². The summed E-state index contributed by atoms with van der Waals surface area (Å²) in [6.45, 7) is 2.27. The minimum Gasteiger partial charge on any atom is -0.0853 e. The van der Waals surface area contributed by atoms with Gasteiger partial charge in [0.05, 0.1) is 0 Å². The Kier molecular flexibility index (Phi) is 4.33. The monoisotopic (exact) mass is 151 g/mol. The normalized spacial score (nSPS) is 18.1. The Bertz CT molecular complexity index is 122. The van der Waals surface area contributed by atoms with Crippen LogP contribution >= 0.6 is 0 Å². The van der Waals surface area contributed by atoms with Gasteiger partial charge in [0.25, 0.3) is 0 Å². The largest absolute Gasteiger partial charge is 0.0853 e. The van der Waals surface area contributed by atoms with Crippen LogP contribution in [0.3, 0.4) is 0 Å². The number of unbranched alkanes of at least 4 members (excludes halogenated alkanes) is 2. The van der Waals surface area contributed by atoms with Crippen molar-refractivity contribution >= 4 is 0 Å². The first-order chi connectivity index (χ1) is 5.43. The van der Waals surface area contributed by atoms with Gasteiger partial charge in [-0.3, -0.25) is 0 Å². The highest BCUT2D eigenvalue weighted by Crippen LogP contribution is 2.21. The molecule has 0 amide bonds. The molecule has 63 valence electrons. The summed E-state index contributed by atoms with van der Waals surface area (Å²) in [5.41, 5.74) is 1.68. The number of allylic oxidation sites excluding steroid dienone is 2. The van der Waals surface area contributed by atoms with Crippen molar-refractivity contribution in [2.24, 2.45) is 0 Å². The van der Waals surface area contributed by atoms with Gasteiger partial charge in [-0.15, -0.1) is 0 Å². The second kappa shape index (κ2) is 5.40. The Labute approximate surface area is 70.7 Å². The van der Waals surface area contributed by atoms with E-state index in [1.54, 1.807) is 5.57 Å². The van der Waals surface area contributed by atoms with E-state index in [0.717, 1.165) is 0 Å². The predicted octanol–water partition coefficient (Wildman–Crippen LogP) is 3.88. The minimum absolute atomic E-state index is 1.27. The van der Waals surface area contributed by atoms with Crippen molar-refractivity contribution in [1.82, 2.24) is 0 Å². The van der Waals surface area contributed by atoms with Gasteiger partial charge in [0, 0.05) is 0 Å². The Morgan fingerprint density at radius 2 is 2.18 bits per heavy atom. The molecular weight excluding hydrogens is 132 g/mol. The third-order valence-electron chi connectivity index (χ3n) is 2.31. The molecule has 0 bridgehead atoms. The molecule has 0 saturated heterocycles. The Morgan fingerprint density at radius 3 is 2.82 bits per heavy atom. The van der Waals surface area contributed by atoms with E-state index in [1.165, 1.54) is 44.9 Å². The van der Waals surface area contributed by atoms with Gasteiger partial charge in [0.15, 0.2) is 0 Å². The van der Waals surface area contributed by atoms with Gasteiger partial charge in [-0.25, -0.2) is 0 Å². The second-order valence-electron chi connectivity index (χ2n) is 3.39. The van der Waals surface area contributed by atoms with Crippen molar-refractivity contribution in [3.63, 3.8) is 0 Å². The standard InChI is InChI=1S/C11H19/c1-2-3-5-8-11-9-6-4-7-10-11/h6,10H,2-5,7-9H2,1H3. The molecule has 0 aliphatic heterocycles. The molecular formula is C11H19. The molecule has 0 heteroatoms. The minimum atomic E-state index is 1.27. The molecule has 0 heterocycles. The van der Waals surface area contributed by atoms with Crippen LogP contribution in [0.2, 0.25) is 0 Å². The van der Waals surface area contributed by atoms with Crippen molar-refractivity contribution in [2.75, 3.05) is 0 Å². The first kappa shape index (κ1) is 8.83. The SMILES string of the molecule is CCCCCC1=CCC[CH]C1. The summed E-state index contributed by atoms with van der Waals surface area (Å²) in [5, 5.41) is 0. The molecule has 0 nitrogen and oxygen atoms in total. The van der Waals surface area contributed by atoms with Gasteiger partial charge < -0.3 is 0 Å². The lowest BCUT2D eigenvalue weighted by atomic mass is 9.95. The van der Waals surface area contributed by atoms with Crippen LogP contribution in [0.15, 0.2) is 11.6 Å². The van der Waals surface area contributed by atoms with Crippen molar-refractivity contribution in [2.45, 2.75) is 51.9 Å². The van der Waals surface area contributed by atoms with E-state index in [2.05, 4.69) is 19.4 Å². The highest BCUT2D eigenvalue weighted by molar-refractivity contribution is 5.09. The zero-order valence-electron chi connectivity index (χ0n) is 7.60. The molecule has 1 rings (SSSR count). The molecule has 1 aliphatic carbocycles. The number of hydrogen-bond donors (Lipinski definition) is 0. The molecule has 0 aromatic heterocycles. The Balaban J connectivity index is 2.09. The van der Waals surface area contributed by atoms with Gasteiger partial charge in [0.1, 0.15) is 0 Å². The van der Waals surface area contributed by atoms with Crippen molar-refractivity contribution in [3.8, 4) is 0 Å². The summed E-state index contributed by atoms with van der Waals surface area (Å²) < 4.78 is 0. The number of hydrogen-bond acceptors (Lipinski definition) is 0. The van der Waals surface area contributed by atoms with E-state index in [0.29, 0.717) is 0 Å². The van der Waals surface area contributed by atoms with Gasteiger partial charge in [-0.05, 0) is 38.5 Å². The fourth-order valence-electron chi connectivity index (χ4n) is 1.58. The van der Waals surface area contributed by atoms with Crippen LogP contribution in [0.4, 0.5) is 0 Å². The van der Waals surface area contributed by atoms with Crippen molar-refractivity contribution < 1.29 is 0 Å². The molecule has 0 N–H and O–H groups in total. The maximum atomic E-state index is 2.44. The average Bonchev–Trinajstić information content (AvgIpc) is 2.07. The van der Waals surface area contributed by atoms with E-state index >= 15 is 0 Å². The van der Waals surface area contributed by atoms with E-state index in [9.17, 15) is 0 Å². The molecule has 11 heavy (non-hydrogen) atoms. The molecule has 0 fully saturated rings. The van der Waals surface area contributed by atoms with E-state index in [4.69, 9.17) is 0 Å². The topological polar surface area (TPSA) is 0 Å². The first-order valence-electron chi connectivity index (χ1n) is 4.93. The maximum Gasteiger partial charge on any atom is -0.0289 e. The molecule has 0 unspecified atom stereocenters. The second-order valence-corrected chi connectivity index (χ2v) is 3.39. The zero-order valence-corrected chi connectivity index (χ0v) is 7.60. The van der Waals surface area contributed by atoms with Gasteiger partial charge in [-0.1, -0.05) is 31.4 Å². The quantitative estimate of drug-likeness (QED) is 0.422. The fourth-order valence-corrected chi connectivity index (χ4v) is 1.58. The first-order valence-corrected chi connectivity index (χ1v) is 4.93. The lowest BCUT2D eigenvalue weighted by Gasteiger charge is -2.11. The lowest BCUT2D eigenvalue weighted by molar-refractivity contribution is 0.688. The summed E-state index contributed by atoms with van der Waals surface area (Å²) in [4.78, 5) is 0. The molecule has 0 aromatic carbocycles. The third kappa shape index (κ3) is 3.60. The molecule has 0 spiro atoms. The highest BCUT2D eigenvalue weighted by atomic mass is 14.1. The van der Waals surface area contributed by atoms with Gasteiger partial charge in [0.2, 0.25) is 0 Å². The van der Waals surface area contributed by atoms with Crippen LogP contribution in [0.1, 0.15) is 51.9 Å². The van der Waals surface area contributed by atoms with Crippen LogP contribution in [-0.2, 0) is 0 Å². The smallest absolute Gasteiger partial charge is 0.0289 e. The van der Waals surface area contributed by atoms with Gasteiger partial charge >= 0.3 is 0 Å². The van der Waals surface area contributed by atoms with Crippen molar-refractivity contribution in [1.29, 1.82) is 0 Å². The summed E-state index contributed by atoms with van der Waals surface area (Å²) in [7, 11) is 0. The van der Waals surface area contributed by atoms with Crippen LogP contribution in [-0.4, -0.2) is 0 Å². The summed E-state index contributed by atoms with van der Waals surface area (Å²) >= 11 is 0. The number of rotatable bonds is 4. The summed E-state index contributed by atoms with van der Waals surface area (Å²) in [5.74, 6) is 0. The van der Waals surface area contributed by atoms with Crippen LogP contribution < -0.4 is 0 Å². The predicted molar refractivity (Wildman–Crippen MR) is 50.4 cm³/mol. The van der Waals surface area contributed by atoms with E-state index < -0.39 is 0 Å².